The molecule has 4 heteroatoms. The highest BCUT2D eigenvalue weighted by Crippen LogP contribution is 2.28. The Kier molecular flexibility index (Phi) is 4.70. The molecule has 0 unspecified atom stereocenters. The average Bonchev–Trinajstić information content (AvgIpc) is 2.96. The first-order valence-electron chi connectivity index (χ1n) is 8.21. The second kappa shape index (κ2) is 6.93. The zero-order valence-electron chi connectivity index (χ0n) is 14.3. The lowest BCUT2D eigenvalue weighted by atomic mass is 10.1. The first-order chi connectivity index (χ1) is 11.9. The van der Waals surface area contributed by atoms with Gasteiger partial charge in [-0.25, -0.2) is 4.39 Å². The van der Waals surface area contributed by atoms with Gasteiger partial charge in [0, 0.05) is 11.4 Å². The van der Waals surface area contributed by atoms with Gasteiger partial charge in [-0.1, -0.05) is 6.07 Å². The number of hydrogen-bond donors (Lipinski definition) is 1. The third-order valence-corrected chi connectivity index (χ3v) is 4.16. The van der Waals surface area contributed by atoms with Gasteiger partial charge in [0.15, 0.2) is 0 Å². The maximum absolute atomic E-state index is 13.3. The molecule has 0 spiro atoms. The van der Waals surface area contributed by atoms with Crippen molar-refractivity contribution in [3.8, 4) is 16.9 Å². The minimum Gasteiger partial charge on any atom is -0.481 e. The van der Waals surface area contributed by atoms with Crippen molar-refractivity contribution in [3.63, 3.8) is 0 Å². The third kappa shape index (κ3) is 3.79. The summed E-state index contributed by atoms with van der Waals surface area (Å²) >= 11 is 0. The van der Waals surface area contributed by atoms with Crippen LogP contribution < -0.4 is 0 Å². The van der Waals surface area contributed by atoms with Crippen LogP contribution >= 0.6 is 0 Å². The minimum absolute atomic E-state index is 0.0671. The lowest BCUT2D eigenvalue weighted by molar-refractivity contribution is -0.136. The molecule has 1 N–H and O–H groups in total. The van der Waals surface area contributed by atoms with E-state index in [4.69, 9.17) is 5.11 Å². The van der Waals surface area contributed by atoms with Crippen LogP contribution in [0.3, 0.4) is 0 Å². The monoisotopic (exact) mass is 337 g/mol. The van der Waals surface area contributed by atoms with Gasteiger partial charge in [-0.05, 0) is 85.5 Å². The van der Waals surface area contributed by atoms with Gasteiger partial charge in [0.05, 0.1) is 12.1 Å². The van der Waals surface area contributed by atoms with Gasteiger partial charge in [0.25, 0.3) is 0 Å². The van der Waals surface area contributed by atoms with Crippen LogP contribution in [-0.2, 0) is 11.2 Å². The molecule has 2 aromatic carbocycles. The maximum atomic E-state index is 13.3. The van der Waals surface area contributed by atoms with Crippen LogP contribution in [0.15, 0.2) is 54.6 Å². The normalized spacial score (nSPS) is 10.8. The molecule has 0 aliphatic carbocycles. The topological polar surface area (TPSA) is 42.2 Å². The number of carbonyl (C=O) groups is 1. The van der Waals surface area contributed by atoms with E-state index in [9.17, 15) is 9.18 Å². The molecule has 0 aliphatic heterocycles. The highest BCUT2D eigenvalue weighted by molar-refractivity contribution is 5.68. The van der Waals surface area contributed by atoms with E-state index in [0.29, 0.717) is 6.42 Å². The van der Waals surface area contributed by atoms with Crippen LogP contribution in [0.25, 0.3) is 16.9 Å². The van der Waals surface area contributed by atoms with E-state index < -0.39 is 5.97 Å². The number of carboxylic acids is 1. The van der Waals surface area contributed by atoms with Gasteiger partial charge < -0.3 is 9.67 Å². The van der Waals surface area contributed by atoms with E-state index >= 15 is 0 Å². The molecule has 25 heavy (non-hydrogen) atoms. The molecule has 0 radical (unpaired) electrons. The van der Waals surface area contributed by atoms with E-state index in [1.807, 2.05) is 26.0 Å². The molecule has 1 heterocycles. The van der Waals surface area contributed by atoms with Crippen molar-refractivity contribution in [1.29, 1.82) is 0 Å². The molecule has 1 aromatic heterocycles. The summed E-state index contributed by atoms with van der Waals surface area (Å²) in [6.45, 7) is 4.07. The Morgan fingerprint density at radius 2 is 1.64 bits per heavy atom. The number of hydrogen-bond acceptors (Lipinski definition) is 1. The molecule has 0 bridgehead atoms. The van der Waals surface area contributed by atoms with Gasteiger partial charge >= 0.3 is 5.97 Å². The Bertz CT molecular complexity index is 890. The largest absolute Gasteiger partial charge is 0.481 e. The third-order valence-electron chi connectivity index (χ3n) is 4.16. The van der Waals surface area contributed by atoms with Crippen LogP contribution in [0, 0.1) is 19.7 Å². The molecule has 128 valence electrons. The predicted molar refractivity (Wildman–Crippen MR) is 96.6 cm³/mol. The summed E-state index contributed by atoms with van der Waals surface area (Å²) < 4.78 is 15.3. The highest BCUT2D eigenvalue weighted by Gasteiger charge is 2.14. The van der Waals surface area contributed by atoms with E-state index in [-0.39, 0.29) is 12.2 Å². The summed E-state index contributed by atoms with van der Waals surface area (Å²) in [5.74, 6) is -1.10. The van der Waals surface area contributed by atoms with Crippen molar-refractivity contribution >= 4 is 5.97 Å². The minimum atomic E-state index is -0.823. The number of benzene rings is 2. The Morgan fingerprint density at radius 1 is 1.00 bits per heavy atom. The van der Waals surface area contributed by atoms with Gasteiger partial charge in [0.2, 0.25) is 0 Å². The Hall–Kier alpha value is -2.88. The van der Waals surface area contributed by atoms with E-state index in [2.05, 4.69) is 22.8 Å². The van der Waals surface area contributed by atoms with Crippen molar-refractivity contribution in [3.05, 3.63) is 77.2 Å². The number of aliphatic carboxylic acids is 1. The zero-order valence-corrected chi connectivity index (χ0v) is 14.3. The fourth-order valence-corrected chi connectivity index (χ4v) is 3.14. The van der Waals surface area contributed by atoms with Crippen LogP contribution in [0.4, 0.5) is 4.39 Å². The maximum Gasteiger partial charge on any atom is 0.303 e. The SMILES string of the molecule is Cc1cc(C)cc(-n2c(CCC(=O)O)ccc2-c2ccc(F)cc2)c1. The van der Waals surface area contributed by atoms with Crippen molar-refractivity contribution in [2.24, 2.45) is 0 Å². The second-order valence-electron chi connectivity index (χ2n) is 6.29. The van der Waals surface area contributed by atoms with Gasteiger partial charge in [-0.2, -0.15) is 0 Å². The van der Waals surface area contributed by atoms with Crippen molar-refractivity contribution in [2.75, 3.05) is 0 Å². The first-order valence-corrected chi connectivity index (χ1v) is 8.21. The number of rotatable bonds is 5. The molecule has 0 fully saturated rings. The Labute approximate surface area is 146 Å². The quantitative estimate of drug-likeness (QED) is 0.718. The summed E-state index contributed by atoms with van der Waals surface area (Å²) in [5.41, 5.74) is 6.00. The molecular formula is C21H20FNO2. The average molecular weight is 337 g/mol. The lowest BCUT2D eigenvalue weighted by Gasteiger charge is -2.15. The van der Waals surface area contributed by atoms with Crippen molar-refractivity contribution in [1.82, 2.24) is 4.57 Å². The van der Waals surface area contributed by atoms with Crippen molar-refractivity contribution < 1.29 is 14.3 Å². The summed E-state index contributed by atoms with van der Waals surface area (Å²) in [5, 5.41) is 9.03. The molecule has 0 saturated carbocycles. The molecule has 0 atom stereocenters. The lowest BCUT2D eigenvalue weighted by Crippen LogP contribution is -2.06. The van der Waals surface area contributed by atoms with E-state index in [0.717, 1.165) is 33.8 Å². The molecule has 0 saturated heterocycles. The fourth-order valence-electron chi connectivity index (χ4n) is 3.14. The Morgan fingerprint density at radius 3 is 2.24 bits per heavy atom. The molecule has 3 aromatic rings. The summed E-state index contributed by atoms with van der Waals surface area (Å²) in [7, 11) is 0. The number of aromatic nitrogens is 1. The second-order valence-corrected chi connectivity index (χ2v) is 6.29. The smallest absolute Gasteiger partial charge is 0.303 e. The Balaban J connectivity index is 2.15. The first kappa shape index (κ1) is 17.0. The molecule has 3 nitrogen and oxygen atoms in total. The molecule has 3 rings (SSSR count). The summed E-state index contributed by atoms with van der Waals surface area (Å²) in [4.78, 5) is 11.0. The standard InChI is InChI=1S/C21H20FNO2/c1-14-11-15(2)13-19(12-14)23-18(8-10-21(24)25)7-9-20(23)16-3-5-17(22)6-4-16/h3-7,9,11-13H,8,10H2,1-2H3,(H,24,25). The van der Waals surface area contributed by atoms with Crippen LogP contribution in [0.5, 0.6) is 0 Å². The summed E-state index contributed by atoms with van der Waals surface area (Å²) in [6.07, 6.45) is 0.501. The number of nitrogens with zero attached hydrogens (tertiary/aromatic N) is 1. The molecule has 0 aliphatic rings. The van der Waals surface area contributed by atoms with Gasteiger partial charge in [-0.3, -0.25) is 4.79 Å². The van der Waals surface area contributed by atoms with Gasteiger partial charge in [-0.15, -0.1) is 0 Å². The number of carboxylic acid groups (broad SMARTS) is 1. The molecular weight excluding hydrogens is 317 g/mol. The fraction of sp³-hybridized carbons (Fsp3) is 0.190. The van der Waals surface area contributed by atoms with E-state index in [1.165, 1.54) is 12.1 Å². The highest BCUT2D eigenvalue weighted by atomic mass is 19.1. The van der Waals surface area contributed by atoms with Crippen molar-refractivity contribution in [2.45, 2.75) is 26.7 Å². The van der Waals surface area contributed by atoms with Gasteiger partial charge in [0.1, 0.15) is 5.82 Å². The predicted octanol–water partition coefficient (Wildman–Crippen LogP) is 4.92. The van der Waals surface area contributed by atoms with E-state index in [1.54, 1.807) is 12.1 Å². The number of aryl methyl sites for hydroxylation is 3. The zero-order chi connectivity index (χ0) is 18.0. The van der Waals surface area contributed by atoms with Crippen LogP contribution in [-0.4, -0.2) is 15.6 Å². The van der Waals surface area contributed by atoms with Crippen LogP contribution in [0.1, 0.15) is 23.2 Å². The summed E-state index contributed by atoms with van der Waals surface area (Å²) in [6, 6.07) is 16.5. The van der Waals surface area contributed by atoms with Crippen LogP contribution in [0.2, 0.25) is 0 Å². The molecule has 0 amide bonds. The number of halogens is 1.